The second-order valence-corrected chi connectivity index (χ2v) is 4.47. The van der Waals surface area contributed by atoms with Gasteiger partial charge in [-0.3, -0.25) is 9.78 Å². The van der Waals surface area contributed by atoms with E-state index in [1.54, 1.807) is 19.1 Å². The molecule has 0 fully saturated rings. The van der Waals surface area contributed by atoms with Crippen LogP contribution in [0.15, 0.2) is 27.8 Å². The van der Waals surface area contributed by atoms with Gasteiger partial charge in [-0.1, -0.05) is 18.5 Å². The molecule has 0 radical (unpaired) electrons. The van der Waals surface area contributed by atoms with Crippen molar-refractivity contribution in [3.05, 3.63) is 49.6 Å². The minimum absolute atomic E-state index is 0.114. The second-order valence-electron chi connectivity index (χ2n) is 4.07. The van der Waals surface area contributed by atoms with E-state index in [9.17, 15) is 14.7 Å². The normalized spacial score (nSPS) is 10.6. The Bertz CT molecular complexity index is 764. The molecule has 7 heteroatoms. The Kier molecular flexibility index (Phi) is 3.85. The van der Waals surface area contributed by atoms with E-state index in [1.807, 2.05) is 0 Å². The molecule has 0 aliphatic heterocycles. The van der Waals surface area contributed by atoms with Crippen LogP contribution in [0.3, 0.4) is 0 Å². The molecule has 1 aromatic carbocycles. The first-order valence-corrected chi connectivity index (χ1v) is 6.28. The van der Waals surface area contributed by atoms with Gasteiger partial charge in [0.1, 0.15) is 5.75 Å². The minimum Gasteiger partial charge on any atom is -0.497 e. The van der Waals surface area contributed by atoms with E-state index < -0.39 is 17.1 Å². The number of hydrogen-bond donors (Lipinski definition) is 2. The van der Waals surface area contributed by atoms with E-state index in [1.165, 1.54) is 13.2 Å². The number of aromatic hydroxyl groups is 1. The van der Waals surface area contributed by atoms with Crippen molar-refractivity contribution in [3.63, 3.8) is 0 Å². The third-order valence-electron chi connectivity index (χ3n) is 2.93. The quantitative estimate of drug-likeness (QED) is 0.898. The number of nitrogens with zero attached hydrogens (tertiary/aromatic N) is 1. The molecule has 106 valence electrons. The van der Waals surface area contributed by atoms with Gasteiger partial charge in [-0.2, -0.15) is 0 Å². The van der Waals surface area contributed by atoms with Crippen LogP contribution in [0.5, 0.6) is 11.6 Å². The molecule has 2 N–H and O–H groups in total. The monoisotopic (exact) mass is 296 g/mol. The van der Waals surface area contributed by atoms with E-state index in [2.05, 4.69) is 4.98 Å². The summed E-state index contributed by atoms with van der Waals surface area (Å²) in [6, 6.07) is 4.67. The number of hydrogen-bond acceptors (Lipinski definition) is 4. The van der Waals surface area contributed by atoms with Crippen molar-refractivity contribution in [2.45, 2.75) is 13.3 Å². The molecule has 0 spiro atoms. The maximum Gasteiger partial charge on any atom is 0.335 e. The van der Waals surface area contributed by atoms with E-state index in [-0.39, 0.29) is 22.7 Å². The number of rotatable bonds is 3. The molecule has 1 heterocycles. The fraction of sp³-hybridized carbons (Fsp3) is 0.231. The molecule has 0 saturated carbocycles. The smallest absolute Gasteiger partial charge is 0.335 e. The zero-order chi connectivity index (χ0) is 14.9. The van der Waals surface area contributed by atoms with Gasteiger partial charge in [-0.05, 0) is 18.6 Å². The van der Waals surface area contributed by atoms with Crippen LogP contribution < -0.4 is 16.0 Å². The number of methoxy groups -OCH3 is 1. The molecule has 0 atom stereocenters. The highest BCUT2D eigenvalue weighted by Gasteiger charge is 2.16. The third-order valence-corrected chi connectivity index (χ3v) is 3.25. The third kappa shape index (κ3) is 2.30. The fourth-order valence-corrected chi connectivity index (χ4v) is 2.10. The lowest BCUT2D eigenvalue weighted by Gasteiger charge is -2.13. The van der Waals surface area contributed by atoms with Crippen molar-refractivity contribution in [1.82, 2.24) is 9.55 Å². The van der Waals surface area contributed by atoms with Gasteiger partial charge >= 0.3 is 5.69 Å². The Morgan fingerprint density at radius 3 is 2.70 bits per heavy atom. The average molecular weight is 297 g/mol. The van der Waals surface area contributed by atoms with Crippen molar-refractivity contribution in [2.75, 3.05) is 7.11 Å². The number of halogens is 1. The maximum absolute atomic E-state index is 11.9. The second kappa shape index (κ2) is 5.42. The summed E-state index contributed by atoms with van der Waals surface area (Å²) in [5, 5.41) is 10.4. The molecule has 0 amide bonds. The van der Waals surface area contributed by atoms with Gasteiger partial charge in [0.15, 0.2) is 0 Å². The summed E-state index contributed by atoms with van der Waals surface area (Å²) < 4.78 is 6.01. The molecule has 0 bridgehead atoms. The Labute approximate surface area is 119 Å². The van der Waals surface area contributed by atoms with Gasteiger partial charge in [0.05, 0.1) is 23.4 Å². The van der Waals surface area contributed by atoms with Crippen LogP contribution in [-0.4, -0.2) is 21.8 Å². The van der Waals surface area contributed by atoms with Gasteiger partial charge in [0.25, 0.3) is 5.56 Å². The first-order chi connectivity index (χ1) is 9.49. The first-order valence-electron chi connectivity index (χ1n) is 5.90. The van der Waals surface area contributed by atoms with Crippen molar-refractivity contribution < 1.29 is 9.84 Å². The molecule has 2 aromatic rings. The van der Waals surface area contributed by atoms with E-state index >= 15 is 0 Å². The molecule has 0 saturated heterocycles. The van der Waals surface area contributed by atoms with Crippen LogP contribution in [0, 0.1) is 0 Å². The van der Waals surface area contributed by atoms with E-state index in [0.29, 0.717) is 5.75 Å². The summed E-state index contributed by atoms with van der Waals surface area (Å²) in [6.07, 6.45) is 0.281. The summed E-state index contributed by atoms with van der Waals surface area (Å²) in [6.45, 7) is 1.70. The highest BCUT2D eigenvalue weighted by molar-refractivity contribution is 6.32. The number of aromatic nitrogens is 2. The topological polar surface area (TPSA) is 84.3 Å². The minimum atomic E-state index is -0.764. The van der Waals surface area contributed by atoms with Gasteiger partial charge < -0.3 is 9.84 Å². The van der Waals surface area contributed by atoms with E-state index in [4.69, 9.17) is 16.3 Å². The van der Waals surface area contributed by atoms with E-state index in [0.717, 1.165) is 4.57 Å². The van der Waals surface area contributed by atoms with Crippen LogP contribution >= 0.6 is 11.6 Å². The van der Waals surface area contributed by atoms with Gasteiger partial charge in [-0.25, -0.2) is 9.36 Å². The van der Waals surface area contributed by atoms with Crippen LogP contribution in [-0.2, 0) is 6.42 Å². The Morgan fingerprint density at radius 1 is 1.40 bits per heavy atom. The maximum atomic E-state index is 11.9. The summed E-state index contributed by atoms with van der Waals surface area (Å²) in [4.78, 5) is 25.7. The lowest BCUT2D eigenvalue weighted by molar-refractivity contribution is 0.412. The number of H-pyrrole nitrogens is 1. The highest BCUT2D eigenvalue weighted by Crippen LogP contribution is 2.27. The standard InChI is InChI=1S/C13H13ClN2O4/c1-3-8-11(17)15-13(19)16(12(8)18)10-6-7(20-2)4-5-9(10)14/h4-6,18H,3H2,1-2H3,(H,15,17,19). The Hall–Kier alpha value is -2.21. The van der Waals surface area contributed by atoms with Crippen molar-refractivity contribution in [2.24, 2.45) is 0 Å². The molecule has 0 aliphatic rings. The molecule has 20 heavy (non-hydrogen) atoms. The molecule has 6 nitrogen and oxygen atoms in total. The number of benzene rings is 1. The Balaban J connectivity index is 2.83. The molecule has 0 aliphatic carbocycles. The summed E-state index contributed by atoms with van der Waals surface area (Å²) in [5.74, 6) is 0.0522. The number of aromatic amines is 1. The number of nitrogens with one attached hydrogen (secondary N) is 1. The largest absolute Gasteiger partial charge is 0.497 e. The van der Waals surface area contributed by atoms with Crippen LogP contribution in [0.2, 0.25) is 5.02 Å². The fourth-order valence-electron chi connectivity index (χ4n) is 1.89. The molecular weight excluding hydrogens is 284 g/mol. The van der Waals surface area contributed by atoms with Gasteiger partial charge in [-0.15, -0.1) is 0 Å². The van der Waals surface area contributed by atoms with Gasteiger partial charge in [0.2, 0.25) is 5.88 Å². The summed E-state index contributed by atoms with van der Waals surface area (Å²) >= 11 is 6.05. The van der Waals surface area contributed by atoms with Crippen molar-refractivity contribution in [1.29, 1.82) is 0 Å². The van der Waals surface area contributed by atoms with Crippen LogP contribution in [0.25, 0.3) is 5.69 Å². The van der Waals surface area contributed by atoms with Gasteiger partial charge in [0, 0.05) is 6.07 Å². The molecule has 1 aromatic heterocycles. The van der Waals surface area contributed by atoms with Crippen LogP contribution in [0.1, 0.15) is 12.5 Å². The predicted molar refractivity (Wildman–Crippen MR) is 75.3 cm³/mol. The lowest BCUT2D eigenvalue weighted by Crippen LogP contribution is -2.31. The lowest BCUT2D eigenvalue weighted by atomic mass is 10.2. The first kappa shape index (κ1) is 14.2. The average Bonchev–Trinajstić information content (AvgIpc) is 2.40. The molecular formula is C13H13ClN2O4. The van der Waals surface area contributed by atoms with Crippen molar-refractivity contribution in [3.8, 4) is 17.3 Å². The zero-order valence-electron chi connectivity index (χ0n) is 10.9. The van der Waals surface area contributed by atoms with Crippen LogP contribution in [0.4, 0.5) is 0 Å². The Morgan fingerprint density at radius 2 is 2.10 bits per heavy atom. The highest BCUT2D eigenvalue weighted by atomic mass is 35.5. The zero-order valence-corrected chi connectivity index (χ0v) is 11.7. The SMILES string of the molecule is CCc1c(O)n(-c2cc(OC)ccc2Cl)c(=O)[nH]c1=O. The predicted octanol–water partition coefficient (Wildman–Crippen LogP) is 1.46. The summed E-state index contributed by atoms with van der Waals surface area (Å²) in [5.41, 5.74) is -1.02. The molecule has 0 unspecified atom stereocenters. The number of ether oxygens (including phenoxy) is 1. The molecule has 2 rings (SSSR count). The summed E-state index contributed by atoms with van der Waals surface area (Å²) in [7, 11) is 1.47. The van der Waals surface area contributed by atoms with Crippen molar-refractivity contribution >= 4 is 11.6 Å².